The molecule has 0 spiro atoms. The minimum Gasteiger partial charge on any atom is -0.489 e. The highest BCUT2D eigenvalue weighted by Gasteiger charge is 2.15. The number of ether oxygens (including phenoxy) is 2. The van der Waals surface area contributed by atoms with Gasteiger partial charge in [-0.3, -0.25) is 0 Å². The zero-order valence-electron chi connectivity index (χ0n) is 14.2. The van der Waals surface area contributed by atoms with Crippen molar-refractivity contribution in [1.82, 2.24) is 5.32 Å². The molecule has 1 rings (SSSR count). The highest BCUT2D eigenvalue weighted by molar-refractivity contribution is 5.27. The zero-order valence-corrected chi connectivity index (χ0v) is 14.2. The normalized spacial score (nSPS) is 13.2. The molecule has 0 aromatic heterocycles. The van der Waals surface area contributed by atoms with Gasteiger partial charge in [-0.2, -0.15) is 0 Å². The number of methoxy groups -OCH3 is 1. The second kappa shape index (κ2) is 9.06. The van der Waals surface area contributed by atoms with E-state index in [0.717, 1.165) is 38.2 Å². The van der Waals surface area contributed by atoms with E-state index >= 15 is 0 Å². The summed E-state index contributed by atoms with van der Waals surface area (Å²) < 4.78 is 11.2. The van der Waals surface area contributed by atoms with Gasteiger partial charge in [-0.25, -0.2) is 0 Å². The van der Waals surface area contributed by atoms with E-state index in [-0.39, 0.29) is 11.6 Å². The van der Waals surface area contributed by atoms with Crippen LogP contribution in [-0.4, -0.2) is 31.9 Å². The lowest BCUT2D eigenvalue weighted by atomic mass is 10.1. The smallest absolute Gasteiger partial charge is 0.119 e. The van der Waals surface area contributed by atoms with Gasteiger partial charge in [-0.05, 0) is 51.3 Å². The molecule has 3 heteroatoms. The largest absolute Gasteiger partial charge is 0.489 e. The molecule has 120 valence electrons. The van der Waals surface area contributed by atoms with Gasteiger partial charge in [0.15, 0.2) is 0 Å². The van der Waals surface area contributed by atoms with E-state index in [1.54, 1.807) is 7.11 Å². The fraction of sp³-hybridized carbons (Fsp3) is 0.667. The van der Waals surface area contributed by atoms with Crippen LogP contribution in [0.15, 0.2) is 24.3 Å². The van der Waals surface area contributed by atoms with E-state index in [1.165, 1.54) is 5.56 Å². The molecule has 1 unspecified atom stereocenters. The van der Waals surface area contributed by atoms with Crippen LogP contribution in [0.1, 0.15) is 46.1 Å². The molecule has 1 aromatic carbocycles. The average Bonchev–Trinajstić information content (AvgIpc) is 2.43. The standard InChI is InChI=1S/C18H31NO2/c1-6-7-17(14-19-18(2,3)4)21-16-10-8-15(9-11-16)12-13-20-5/h8-11,17,19H,6-7,12-14H2,1-5H3. The molecule has 0 radical (unpaired) electrons. The van der Waals surface area contributed by atoms with Crippen LogP contribution in [0.3, 0.4) is 0 Å². The number of benzene rings is 1. The lowest BCUT2D eigenvalue weighted by Gasteiger charge is -2.26. The molecular formula is C18H31NO2. The van der Waals surface area contributed by atoms with E-state index in [0.29, 0.717) is 0 Å². The maximum Gasteiger partial charge on any atom is 0.119 e. The van der Waals surface area contributed by atoms with Crippen LogP contribution in [0.2, 0.25) is 0 Å². The molecule has 1 N–H and O–H groups in total. The minimum atomic E-state index is 0.124. The first-order valence-electron chi connectivity index (χ1n) is 7.94. The Labute approximate surface area is 130 Å². The molecule has 0 aliphatic carbocycles. The predicted molar refractivity (Wildman–Crippen MR) is 89.1 cm³/mol. The van der Waals surface area contributed by atoms with Crippen molar-refractivity contribution in [2.45, 2.75) is 58.6 Å². The Morgan fingerprint density at radius 1 is 1.14 bits per heavy atom. The Bertz CT molecular complexity index is 381. The van der Waals surface area contributed by atoms with E-state index in [9.17, 15) is 0 Å². The van der Waals surface area contributed by atoms with Crippen LogP contribution in [-0.2, 0) is 11.2 Å². The Hall–Kier alpha value is -1.06. The Balaban J connectivity index is 2.53. The van der Waals surface area contributed by atoms with Gasteiger partial charge in [0, 0.05) is 19.2 Å². The summed E-state index contributed by atoms with van der Waals surface area (Å²) >= 11 is 0. The summed E-state index contributed by atoms with van der Waals surface area (Å²) in [5.74, 6) is 0.949. The summed E-state index contributed by atoms with van der Waals surface area (Å²) in [5, 5.41) is 3.52. The van der Waals surface area contributed by atoms with E-state index in [4.69, 9.17) is 9.47 Å². The molecule has 1 atom stereocenters. The van der Waals surface area contributed by atoms with Crippen LogP contribution in [0.25, 0.3) is 0 Å². The van der Waals surface area contributed by atoms with Crippen molar-refractivity contribution in [3.63, 3.8) is 0 Å². The van der Waals surface area contributed by atoms with E-state index < -0.39 is 0 Å². The SMILES string of the molecule is CCCC(CNC(C)(C)C)Oc1ccc(CCOC)cc1. The van der Waals surface area contributed by atoms with Crippen molar-refractivity contribution in [1.29, 1.82) is 0 Å². The second-order valence-corrected chi connectivity index (χ2v) is 6.55. The molecule has 0 aliphatic heterocycles. The molecule has 3 nitrogen and oxygen atoms in total. The molecule has 0 aliphatic rings. The van der Waals surface area contributed by atoms with Crippen molar-refractivity contribution < 1.29 is 9.47 Å². The molecule has 0 saturated carbocycles. The third-order valence-electron chi connectivity index (χ3n) is 3.29. The number of rotatable bonds is 9. The van der Waals surface area contributed by atoms with Gasteiger partial charge in [0.1, 0.15) is 11.9 Å². The molecule has 0 heterocycles. The maximum absolute atomic E-state index is 6.12. The summed E-state index contributed by atoms with van der Waals surface area (Å²) in [5.41, 5.74) is 1.41. The Morgan fingerprint density at radius 3 is 2.33 bits per heavy atom. The fourth-order valence-electron chi connectivity index (χ4n) is 2.09. The third-order valence-corrected chi connectivity index (χ3v) is 3.29. The van der Waals surface area contributed by atoms with Crippen LogP contribution in [0, 0.1) is 0 Å². The van der Waals surface area contributed by atoms with Crippen molar-refractivity contribution >= 4 is 0 Å². The number of hydrogen-bond donors (Lipinski definition) is 1. The van der Waals surface area contributed by atoms with Crippen molar-refractivity contribution in [2.24, 2.45) is 0 Å². The van der Waals surface area contributed by atoms with Gasteiger partial charge in [0.25, 0.3) is 0 Å². The third kappa shape index (κ3) is 8.08. The van der Waals surface area contributed by atoms with Gasteiger partial charge in [0.2, 0.25) is 0 Å². The van der Waals surface area contributed by atoms with Crippen molar-refractivity contribution in [3.05, 3.63) is 29.8 Å². The molecule has 0 saturated heterocycles. The van der Waals surface area contributed by atoms with Gasteiger partial charge in [-0.15, -0.1) is 0 Å². The van der Waals surface area contributed by atoms with Crippen molar-refractivity contribution in [3.8, 4) is 5.75 Å². The van der Waals surface area contributed by atoms with Crippen LogP contribution in [0.5, 0.6) is 5.75 Å². The molecule has 0 bridgehead atoms. The summed E-state index contributed by atoms with van der Waals surface area (Å²) in [4.78, 5) is 0. The topological polar surface area (TPSA) is 30.5 Å². The summed E-state index contributed by atoms with van der Waals surface area (Å²) in [6, 6.07) is 8.36. The Kier molecular flexibility index (Phi) is 7.76. The van der Waals surface area contributed by atoms with Gasteiger partial charge < -0.3 is 14.8 Å². The summed E-state index contributed by atoms with van der Waals surface area (Å²) in [6.45, 7) is 10.4. The Morgan fingerprint density at radius 2 is 1.81 bits per heavy atom. The molecule has 0 fully saturated rings. The summed E-state index contributed by atoms with van der Waals surface area (Å²) in [6.07, 6.45) is 3.36. The quantitative estimate of drug-likeness (QED) is 0.751. The first-order chi connectivity index (χ1) is 9.94. The first kappa shape index (κ1) is 18.0. The molecule has 0 amide bonds. The van der Waals surface area contributed by atoms with Crippen LogP contribution < -0.4 is 10.1 Å². The number of nitrogens with one attached hydrogen (secondary N) is 1. The zero-order chi connectivity index (χ0) is 15.7. The molecule has 1 aromatic rings. The summed E-state index contributed by atoms with van der Waals surface area (Å²) in [7, 11) is 1.73. The lowest BCUT2D eigenvalue weighted by Crippen LogP contribution is -2.42. The highest BCUT2D eigenvalue weighted by atomic mass is 16.5. The lowest BCUT2D eigenvalue weighted by molar-refractivity contribution is 0.175. The highest BCUT2D eigenvalue weighted by Crippen LogP contribution is 2.16. The molecular weight excluding hydrogens is 262 g/mol. The van der Waals surface area contributed by atoms with Crippen molar-refractivity contribution in [2.75, 3.05) is 20.3 Å². The fourth-order valence-corrected chi connectivity index (χ4v) is 2.09. The average molecular weight is 293 g/mol. The van der Waals surface area contributed by atoms with Gasteiger partial charge in [0.05, 0.1) is 6.61 Å². The minimum absolute atomic E-state index is 0.124. The predicted octanol–water partition coefficient (Wildman–Crippen LogP) is 3.81. The van der Waals surface area contributed by atoms with Crippen LogP contribution in [0.4, 0.5) is 0 Å². The first-order valence-corrected chi connectivity index (χ1v) is 7.94. The van der Waals surface area contributed by atoms with E-state index in [1.807, 2.05) is 0 Å². The number of hydrogen-bond acceptors (Lipinski definition) is 3. The van der Waals surface area contributed by atoms with Gasteiger partial charge in [-0.1, -0.05) is 25.5 Å². The molecule has 21 heavy (non-hydrogen) atoms. The van der Waals surface area contributed by atoms with Gasteiger partial charge >= 0.3 is 0 Å². The maximum atomic E-state index is 6.12. The monoisotopic (exact) mass is 293 g/mol. The van der Waals surface area contributed by atoms with E-state index in [2.05, 4.69) is 57.3 Å². The van der Waals surface area contributed by atoms with Crippen LogP contribution >= 0.6 is 0 Å². The second-order valence-electron chi connectivity index (χ2n) is 6.55.